The second-order valence-electron chi connectivity index (χ2n) is 4.60. The van der Waals surface area contributed by atoms with Crippen molar-refractivity contribution in [3.05, 3.63) is 36.7 Å². The van der Waals surface area contributed by atoms with E-state index in [2.05, 4.69) is 25.9 Å². The molecule has 0 radical (unpaired) electrons. The molecule has 22 heavy (non-hydrogen) atoms. The highest BCUT2D eigenvalue weighted by molar-refractivity contribution is 5.89. The van der Waals surface area contributed by atoms with Gasteiger partial charge in [-0.15, -0.1) is 0 Å². The number of benzene rings is 1. The fourth-order valence-corrected chi connectivity index (χ4v) is 1.83. The van der Waals surface area contributed by atoms with Gasteiger partial charge in [0.2, 0.25) is 5.91 Å². The summed E-state index contributed by atoms with van der Waals surface area (Å²) < 4.78 is 4.98. The first kappa shape index (κ1) is 15.7. The van der Waals surface area contributed by atoms with Crippen LogP contribution in [0.1, 0.15) is 6.92 Å². The predicted molar refractivity (Wildman–Crippen MR) is 86.4 cm³/mol. The van der Waals surface area contributed by atoms with Gasteiger partial charge in [-0.25, -0.2) is 9.97 Å². The summed E-state index contributed by atoms with van der Waals surface area (Å²) in [6.07, 6.45) is 1.48. The van der Waals surface area contributed by atoms with E-state index in [0.29, 0.717) is 24.8 Å². The fraction of sp³-hybridized carbons (Fsp3) is 0.267. The highest BCUT2D eigenvalue weighted by Gasteiger charge is 2.01. The number of hydrogen-bond acceptors (Lipinski definition) is 6. The molecule has 116 valence electrons. The van der Waals surface area contributed by atoms with Gasteiger partial charge < -0.3 is 20.7 Å². The number of rotatable bonds is 7. The molecule has 0 saturated carbocycles. The van der Waals surface area contributed by atoms with Crippen LogP contribution < -0.4 is 16.0 Å². The summed E-state index contributed by atoms with van der Waals surface area (Å²) in [7, 11) is 1.65. The Bertz CT molecular complexity index is 633. The number of amides is 1. The van der Waals surface area contributed by atoms with E-state index in [1.165, 1.54) is 13.3 Å². The van der Waals surface area contributed by atoms with Gasteiger partial charge in [-0.05, 0) is 18.2 Å². The normalized spacial score (nSPS) is 10.1. The van der Waals surface area contributed by atoms with E-state index < -0.39 is 0 Å². The van der Waals surface area contributed by atoms with E-state index in [1.54, 1.807) is 13.2 Å². The molecule has 0 atom stereocenters. The number of nitrogens with one attached hydrogen (secondary N) is 3. The third kappa shape index (κ3) is 5.02. The Morgan fingerprint density at radius 2 is 1.95 bits per heavy atom. The second kappa shape index (κ2) is 7.94. The second-order valence-corrected chi connectivity index (χ2v) is 4.60. The Hall–Kier alpha value is -2.67. The van der Waals surface area contributed by atoms with E-state index in [9.17, 15) is 4.79 Å². The maximum absolute atomic E-state index is 11.1. The minimum atomic E-state index is -0.108. The molecule has 2 aromatic rings. The van der Waals surface area contributed by atoms with Gasteiger partial charge in [0.25, 0.3) is 0 Å². The van der Waals surface area contributed by atoms with E-state index >= 15 is 0 Å². The number of aromatic nitrogens is 2. The molecule has 3 N–H and O–H groups in total. The van der Waals surface area contributed by atoms with Crippen molar-refractivity contribution >= 4 is 28.9 Å². The van der Waals surface area contributed by atoms with Gasteiger partial charge >= 0.3 is 0 Å². The largest absolute Gasteiger partial charge is 0.383 e. The molecule has 0 saturated heterocycles. The molecular weight excluding hydrogens is 282 g/mol. The molecule has 7 nitrogen and oxygen atoms in total. The monoisotopic (exact) mass is 301 g/mol. The van der Waals surface area contributed by atoms with Crippen molar-refractivity contribution in [3.63, 3.8) is 0 Å². The Labute approximate surface area is 129 Å². The molecule has 1 amide bonds. The van der Waals surface area contributed by atoms with Crippen LogP contribution >= 0.6 is 0 Å². The van der Waals surface area contributed by atoms with E-state index in [0.717, 1.165) is 11.4 Å². The third-order valence-corrected chi connectivity index (χ3v) is 2.73. The lowest BCUT2D eigenvalue weighted by Crippen LogP contribution is -2.09. The lowest BCUT2D eigenvalue weighted by Gasteiger charge is -2.09. The van der Waals surface area contributed by atoms with Crippen LogP contribution in [0.4, 0.5) is 23.0 Å². The van der Waals surface area contributed by atoms with Crippen molar-refractivity contribution in [2.75, 3.05) is 36.2 Å². The third-order valence-electron chi connectivity index (χ3n) is 2.73. The fourth-order valence-electron chi connectivity index (χ4n) is 1.83. The standard InChI is InChI=1S/C15H19N5O2/c1-11(21)19-12-4-3-5-13(8-12)20-15-9-14(17-10-18-15)16-6-7-22-2/h3-5,8-10H,6-7H2,1-2H3,(H,19,21)(H2,16,17,18,20). The lowest BCUT2D eigenvalue weighted by atomic mass is 10.2. The molecule has 0 aliphatic rings. The summed E-state index contributed by atoms with van der Waals surface area (Å²) in [5, 5.41) is 9.05. The molecule has 0 fully saturated rings. The highest BCUT2D eigenvalue weighted by Crippen LogP contribution is 2.19. The Balaban J connectivity index is 2.03. The van der Waals surface area contributed by atoms with Gasteiger partial charge in [-0.3, -0.25) is 4.79 Å². The highest BCUT2D eigenvalue weighted by atomic mass is 16.5. The lowest BCUT2D eigenvalue weighted by molar-refractivity contribution is -0.114. The van der Waals surface area contributed by atoms with Crippen LogP contribution in [0.3, 0.4) is 0 Å². The zero-order chi connectivity index (χ0) is 15.8. The van der Waals surface area contributed by atoms with Crippen molar-refractivity contribution in [1.82, 2.24) is 9.97 Å². The number of carbonyl (C=O) groups is 1. The molecule has 0 aliphatic carbocycles. The zero-order valence-corrected chi connectivity index (χ0v) is 12.6. The average Bonchev–Trinajstić information content (AvgIpc) is 2.47. The summed E-state index contributed by atoms with van der Waals surface area (Å²) in [4.78, 5) is 19.4. The van der Waals surface area contributed by atoms with E-state index in [-0.39, 0.29) is 5.91 Å². The number of methoxy groups -OCH3 is 1. The molecule has 1 aromatic carbocycles. The van der Waals surface area contributed by atoms with Crippen LogP contribution in [0, 0.1) is 0 Å². The van der Waals surface area contributed by atoms with Crippen LogP contribution in [0.2, 0.25) is 0 Å². The topological polar surface area (TPSA) is 88.2 Å². The van der Waals surface area contributed by atoms with Crippen LogP contribution in [0.5, 0.6) is 0 Å². The van der Waals surface area contributed by atoms with Gasteiger partial charge in [-0.2, -0.15) is 0 Å². The zero-order valence-electron chi connectivity index (χ0n) is 12.6. The van der Waals surface area contributed by atoms with Gasteiger partial charge in [0, 0.05) is 38.0 Å². The Morgan fingerprint density at radius 1 is 1.18 bits per heavy atom. The number of carbonyl (C=O) groups excluding carboxylic acids is 1. The smallest absolute Gasteiger partial charge is 0.221 e. The van der Waals surface area contributed by atoms with E-state index in [4.69, 9.17) is 4.74 Å². The molecular formula is C15H19N5O2. The maximum Gasteiger partial charge on any atom is 0.221 e. The summed E-state index contributed by atoms with van der Waals surface area (Å²) in [5.74, 6) is 1.27. The van der Waals surface area contributed by atoms with Crippen LogP contribution in [-0.2, 0) is 9.53 Å². The number of anilines is 4. The summed E-state index contributed by atoms with van der Waals surface area (Å²) >= 11 is 0. The maximum atomic E-state index is 11.1. The predicted octanol–water partition coefficient (Wildman–Crippen LogP) is 2.24. The molecule has 7 heteroatoms. The molecule has 0 spiro atoms. The SMILES string of the molecule is COCCNc1cc(Nc2cccc(NC(C)=O)c2)ncn1. The summed E-state index contributed by atoms with van der Waals surface area (Å²) in [6.45, 7) is 2.75. The Morgan fingerprint density at radius 3 is 2.73 bits per heavy atom. The number of ether oxygens (including phenoxy) is 1. The van der Waals surface area contributed by atoms with Crippen LogP contribution in [0.25, 0.3) is 0 Å². The number of hydrogen-bond donors (Lipinski definition) is 3. The number of nitrogens with zero attached hydrogens (tertiary/aromatic N) is 2. The van der Waals surface area contributed by atoms with Crippen molar-refractivity contribution in [2.45, 2.75) is 6.92 Å². The molecule has 0 aliphatic heterocycles. The first-order chi connectivity index (χ1) is 10.7. The van der Waals surface area contributed by atoms with Gasteiger partial charge in [-0.1, -0.05) is 6.07 Å². The average molecular weight is 301 g/mol. The van der Waals surface area contributed by atoms with Gasteiger partial charge in [0.15, 0.2) is 0 Å². The van der Waals surface area contributed by atoms with E-state index in [1.807, 2.05) is 24.3 Å². The van der Waals surface area contributed by atoms with Crippen LogP contribution in [-0.4, -0.2) is 36.1 Å². The first-order valence-electron chi connectivity index (χ1n) is 6.87. The summed E-state index contributed by atoms with van der Waals surface area (Å²) in [6, 6.07) is 9.21. The first-order valence-corrected chi connectivity index (χ1v) is 6.87. The summed E-state index contributed by atoms with van der Waals surface area (Å²) in [5.41, 5.74) is 1.55. The molecule has 0 unspecified atom stereocenters. The molecule has 1 aromatic heterocycles. The molecule has 1 heterocycles. The van der Waals surface area contributed by atoms with Gasteiger partial charge in [0.05, 0.1) is 6.61 Å². The van der Waals surface area contributed by atoms with Crippen molar-refractivity contribution < 1.29 is 9.53 Å². The van der Waals surface area contributed by atoms with Crippen molar-refractivity contribution in [2.24, 2.45) is 0 Å². The molecule has 0 bridgehead atoms. The van der Waals surface area contributed by atoms with Crippen LogP contribution in [0.15, 0.2) is 36.7 Å². The quantitative estimate of drug-likeness (QED) is 0.680. The minimum absolute atomic E-state index is 0.108. The molecule has 2 rings (SSSR count). The minimum Gasteiger partial charge on any atom is -0.383 e. The van der Waals surface area contributed by atoms with Crippen molar-refractivity contribution in [3.8, 4) is 0 Å². The van der Waals surface area contributed by atoms with Crippen molar-refractivity contribution in [1.29, 1.82) is 0 Å². The Kier molecular flexibility index (Phi) is 5.67. The van der Waals surface area contributed by atoms with Gasteiger partial charge in [0.1, 0.15) is 18.0 Å².